The van der Waals surface area contributed by atoms with Crippen LogP contribution in [-0.2, 0) is 0 Å². The molecule has 1 amide bonds. The number of rotatable bonds is 1. The minimum absolute atomic E-state index is 0.373. The van der Waals surface area contributed by atoms with Crippen LogP contribution in [0.2, 0.25) is 0 Å². The molecule has 0 saturated carbocycles. The molecule has 3 aromatic rings. The van der Waals surface area contributed by atoms with E-state index >= 15 is 0 Å². The fourth-order valence-electron chi connectivity index (χ4n) is 2.15. The Balaban J connectivity index is 2.18. The van der Waals surface area contributed by atoms with Gasteiger partial charge in [-0.2, -0.15) is 0 Å². The molecule has 4 nitrogen and oxygen atoms in total. The molecule has 1 heterocycles. The molecule has 0 bridgehead atoms. The zero-order chi connectivity index (χ0) is 13.4. The number of benzene rings is 2. The smallest absolute Gasteiger partial charge is 0.410 e. The molecule has 2 aromatic carbocycles. The van der Waals surface area contributed by atoms with Gasteiger partial charge in [0.05, 0.1) is 0 Å². The monoisotopic (exact) mass is 254 g/mol. The number of hydrogen-bond acceptors (Lipinski definition) is 2. The number of aromatic amines is 1. The summed E-state index contributed by atoms with van der Waals surface area (Å²) < 4.78 is 5.39. The molecular weight excluding hydrogens is 240 g/mol. The van der Waals surface area contributed by atoms with Crippen molar-refractivity contribution in [2.45, 2.75) is 0 Å². The molecule has 0 aliphatic carbocycles. The number of amides is 1. The SMILES string of the molecule is CN(C)C(=O)Oc1cccc2c1ccc1[nH]ccc12. The maximum atomic E-state index is 11.7. The quantitative estimate of drug-likeness (QED) is 0.723. The molecule has 19 heavy (non-hydrogen) atoms. The lowest BCUT2D eigenvalue weighted by atomic mass is 10.1. The molecule has 0 saturated heterocycles. The van der Waals surface area contributed by atoms with Crippen molar-refractivity contribution in [1.29, 1.82) is 0 Å². The van der Waals surface area contributed by atoms with Crippen molar-refractivity contribution in [2.24, 2.45) is 0 Å². The maximum absolute atomic E-state index is 11.7. The summed E-state index contributed by atoms with van der Waals surface area (Å²) in [6, 6.07) is 11.7. The van der Waals surface area contributed by atoms with Crippen LogP contribution >= 0.6 is 0 Å². The molecule has 0 aliphatic heterocycles. The van der Waals surface area contributed by atoms with E-state index in [9.17, 15) is 4.79 Å². The first-order valence-corrected chi connectivity index (χ1v) is 6.05. The topological polar surface area (TPSA) is 45.3 Å². The molecule has 1 aromatic heterocycles. The summed E-state index contributed by atoms with van der Waals surface area (Å²) in [6.07, 6.45) is 1.53. The lowest BCUT2D eigenvalue weighted by Crippen LogP contribution is -2.25. The molecule has 0 radical (unpaired) electrons. The molecule has 0 aliphatic rings. The van der Waals surface area contributed by atoms with Gasteiger partial charge < -0.3 is 14.6 Å². The molecule has 0 fully saturated rings. The first kappa shape index (κ1) is 11.6. The van der Waals surface area contributed by atoms with Gasteiger partial charge in [0.25, 0.3) is 0 Å². The van der Waals surface area contributed by atoms with Gasteiger partial charge in [0, 0.05) is 36.6 Å². The van der Waals surface area contributed by atoms with Gasteiger partial charge in [-0.1, -0.05) is 12.1 Å². The number of carbonyl (C=O) groups excluding carboxylic acids is 1. The van der Waals surface area contributed by atoms with Gasteiger partial charge in [-0.15, -0.1) is 0 Å². The molecule has 0 unspecified atom stereocenters. The highest BCUT2D eigenvalue weighted by molar-refractivity contribution is 6.08. The summed E-state index contributed by atoms with van der Waals surface area (Å²) in [6.45, 7) is 0. The van der Waals surface area contributed by atoms with E-state index in [1.54, 1.807) is 14.1 Å². The predicted molar refractivity (Wildman–Crippen MR) is 75.5 cm³/mol. The molecule has 1 N–H and O–H groups in total. The van der Waals surface area contributed by atoms with Gasteiger partial charge in [0.15, 0.2) is 0 Å². The number of H-pyrrole nitrogens is 1. The van der Waals surface area contributed by atoms with Crippen molar-refractivity contribution < 1.29 is 9.53 Å². The number of aromatic nitrogens is 1. The molecule has 3 rings (SSSR count). The number of ether oxygens (including phenoxy) is 1. The molecule has 96 valence electrons. The van der Waals surface area contributed by atoms with Crippen LogP contribution in [0.25, 0.3) is 21.7 Å². The van der Waals surface area contributed by atoms with E-state index in [0.29, 0.717) is 5.75 Å². The van der Waals surface area contributed by atoms with Crippen LogP contribution in [0.1, 0.15) is 0 Å². The van der Waals surface area contributed by atoms with Crippen LogP contribution in [0.5, 0.6) is 5.75 Å². The van der Waals surface area contributed by atoms with E-state index in [-0.39, 0.29) is 6.09 Å². The van der Waals surface area contributed by atoms with Gasteiger partial charge in [-0.25, -0.2) is 4.79 Å². The van der Waals surface area contributed by atoms with Crippen LogP contribution in [0.15, 0.2) is 42.6 Å². The third kappa shape index (κ3) is 1.91. The predicted octanol–water partition coefficient (Wildman–Crippen LogP) is 3.38. The van der Waals surface area contributed by atoms with Crippen LogP contribution in [-0.4, -0.2) is 30.1 Å². The van der Waals surface area contributed by atoms with E-state index in [4.69, 9.17) is 4.74 Å². The van der Waals surface area contributed by atoms with Crippen molar-refractivity contribution in [3.05, 3.63) is 42.6 Å². The summed E-state index contributed by atoms with van der Waals surface area (Å²) >= 11 is 0. The number of hydrogen-bond donors (Lipinski definition) is 1. The third-order valence-corrected chi connectivity index (χ3v) is 3.11. The van der Waals surface area contributed by atoms with Gasteiger partial charge in [-0.05, 0) is 29.7 Å². The zero-order valence-corrected chi connectivity index (χ0v) is 10.8. The minimum atomic E-state index is -0.373. The number of nitrogens with one attached hydrogen (secondary N) is 1. The maximum Gasteiger partial charge on any atom is 0.414 e. The standard InChI is InChI=1S/C15H14N2O2/c1-17(2)15(18)19-14-5-3-4-10-11-8-9-16-13(11)7-6-12(10)14/h3-9,16H,1-2H3. The van der Waals surface area contributed by atoms with Crippen LogP contribution in [0.3, 0.4) is 0 Å². The second-order valence-electron chi connectivity index (χ2n) is 4.62. The van der Waals surface area contributed by atoms with E-state index in [2.05, 4.69) is 4.98 Å². The summed E-state index contributed by atoms with van der Waals surface area (Å²) in [4.78, 5) is 16.3. The van der Waals surface area contributed by atoms with Crippen molar-refractivity contribution in [3.63, 3.8) is 0 Å². The molecular formula is C15H14N2O2. The lowest BCUT2D eigenvalue weighted by molar-refractivity contribution is 0.172. The number of nitrogens with zero attached hydrogens (tertiary/aromatic N) is 1. The normalized spacial score (nSPS) is 10.8. The van der Waals surface area contributed by atoms with E-state index in [1.165, 1.54) is 4.90 Å². The lowest BCUT2D eigenvalue weighted by Gasteiger charge is -2.12. The Kier molecular flexibility index (Phi) is 2.63. The second kappa shape index (κ2) is 4.31. The Labute approximate surface area is 110 Å². The summed E-state index contributed by atoms with van der Waals surface area (Å²) in [5, 5.41) is 3.13. The Morgan fingerprint density at radius 2 is 1.89 bits per heavy atom. The summed E-state index contributed by atoms with van der Waals surface area (Å²) in [5.74, 6) is 0.583. The number of carbonyl (C=O) groups is 1. The van der Waals surface area contributed by atoms with Crippen molar-refractivity contribution in [2.75, 3.05) is 14.1 Å². The van der Waals surface area contributed by atoms with Crippen LogP contribution in [0.4, 0.5) is 4.79 Å². The first-order chi connectivity index (χ1) is 9.16. The fraction of sp³-hybridized carbons (Fsp3) is 0.133. The van der Waals surface area contributed by atoms with Gasteiger partial charge in [-0.3, -0.25) is 0 Å². The van der Waals surface area contributed by atoms with Gasteiger partial charge >= 0.3 is 6.09 Å². The second-order valence-corrected chi connectivity index (χ2v) is 4.62. The fourth-order valence-corrected chi connectivity index (χ4v) is 2.15. The van der Waals surface area contributed by atoms with Crippen LogP contribution in [0, 0.1) is 0 Å². The molecule has 0 atom stereocenters. The summed E-state index contributed by atoms with van der Waals surface area (Å²) in [5.41, 5.74) is 1.07. The van der Waals surface area contributed by atoms with Crippen molar-refractivity contribution >= 4 is 27.8 Å². The largest absolute Gasteiger partial charge is 0.414 e. The highest BCUT2D eigenvalue weighted by Crippen LogP contribution is 2.31. The minimum Gasteiger partial charge on any atom is -0.410 e. The van der Waals surface area contributed by atoms with E-state index in [0.717, 1.165) is 21.7 Å². The van der Waals surface area contributed by atoms with Crippen molar-refractivity contribution in [1.82, 2.24) is 9.88 Å². The van der Waals surface area contributed by atoms with E-state index < -0.39 is 0 Å². The zero-order valence-electron chi connectivity index (χ0n) is 10.8. The van der Waals surface area contributed by atoms with Gasteiger partial charge in [0.1, 0.15) is 5.75 Å². The first-order valence-electron chi connectivity index (χ1n) is 6.05. The number of fused-ring (bicyclic) bond motifs is 3. The highest BCUT2D eigenvalue weighted by Gasteiger charge is 2.11. The van der Waals surface area contributed by atoms with Crippen molar-refractivity contribution in [3.8, 4) is 5.75 Å². The summed E-state index contributed by atoms with van der Waals surface area (Å²) in [7, 11) is 3.33. The Morgan fingerprint density at radius 1 is 1.05 bits per heavy atom. The average Bonchev–Trinajstić information content (AvgIpc) is 2.87. The average molecular weight is 254 g/mol. The highest BCUT2D eigenvalue weighted by atomic mass is 16.6. The Morgan fingerprint density at radius 3 is 2.68 bits per heavy atom. The van der Waals surface area contributed by atoms with Crippen LogP contribution < -0.4 is 4.74 Å². The molecule has 0 spiro atoms. The van der Waals surface area contributed by atoms with Gasteiger partial charge in [0.2, 0.25) is 0 Å². The third-order valence-electron chi connectivity index (χ3n) is 3.11. The molecule has 4 heteroatoms. The Bertz CT molecular complexity index is 759. The Hall–Kier alpha value is -2.49. The van der Waals surface area contributed by atoms with E-state index in [1.807, 2.05) is 42.6 Å².